The van der Waals surface area contributed by atoms with Gasteiger partial charge in [-0.05, 0) is 37.2 Å². The summed E-state index contributed by atoms with van der Waals surface area (Å²) in [4.78, 5) is 0. The Morgan fingerprint density at radius 1 is 1.42 bits per heavy atom. The molecule has 0 saturated carbocycles. The van der Waals surface area contributed by atoms with E-state index in [1.54, 1.807) is 6.26 Å². The van der Waals surface area contributed by atoms with Crippen LogP contribution in [0.1, 0.15) is 39.5 Å². The fourth-order valence-corrected chi connectivity index (χ4v) is 6.22. The SMILES string of the molecule is CC[Si](CC)(CC)O[C@]1(C)CN([O-])[C@@H]1c1ccco1. The standard InChI is InChI=1S/C14H24NO3Si/c1-5-19(6-2,7-3)18-14(4)11-15(16)13(14)12-9-8-10-17-12/h8-10,13H,5-7,11H2,1-4H3/q-1/t13-,14-/m1/s1. The van der Waals surface area contributed by atoms with E-state index in [0.717, 1.165) is 29.0 Å². The Bertz CT molecular complexity index is 397. The average molecular weight is 282 g/mol. The van der Waals surface area contributed by atoms with Crippen LogP contribution < -0.4 is 0 Å². The molecule has 0 spiro atoms. The summed E-state index contributed by atoms with van der Waals surface area (Å²) in [5.74, 6) is 0.718. The Hall–Kier alpha value is -0.623. The number of hydrogen-bond acceptors (Lipinski definition) is 4. The number of rotatable bonds is 6. The minimum Gasteiger partial charge on any atom is -0.784 e. The second-order valence-corrected chi connectivity index (χ2v) is 10.3. The van der Waals surface area contributed by atoms with Gasteiger partial charge in [0.15, 0.2) is 8.32 Å². The van der Waals surface area contributed by atoms with Gasteiger partial charge in [-0.25, -0.2) is 0 Å². The van der Waals surface area contributed by atoms with Crippen molar-refractivity contribution in [2.45, 2.75) is 57.5 Å². The maximum atomic E-state index is 11.9. The molecule has 1 aliphatic rings. The minimum absolute atomic E-state index is 0.293. The summed E-state index contributed by atoms with van der Waals surface area (Å²) in [7, 11) is -1.71. The molecule has 19 heavy (non-hydrogen) atoms. The summed E-state index contributed by atoms with van der Waals surface area (Å²) in [6.45, 7) is 9.11. The summed E-state index contributed by atoms with van der Waals surface area (Å²) >= 11 is 0. The van der Waals surface area contributed by atoms with E-state index in [-0.39, 0.29) is 6.04 Å². The number of furan rings is 1. The summed E-state index contributed by atoms with van der Waals surface area (Å²) < 4.78 is 12.0. The molecule has 0 unspecified atom stereocenters. The number of hydroxylamine groups is 2. The molecule has 0 amide bonds. The van der Waals surface area contributed by atoms with E-state index in [1.165, 1.54) is 0 Å². The Morgan fingerprint density at radius 3 is 2.47 bits per heavy atom. The minimum atomic E-state index is -1.71. The Labute approximate surface area is 116 Å². The van der Waals surface area contributed by atoms with Crippen LogP contribution in [0.5, 0.6) is 0 Å². The van der Waals surface area contributed by atoms with Crippen LogP contribution >= 0.6 is 0 Å². The van der Waals surface area contributed by atoms with E-state index in [0.29, 0.717) is 6.54 Å². The zero-order valence-corrected chi connectivity index (χ0v) is 13.3. The topological polar surface area (TPSA) is 48.7 Å². The lowest BCUT2D eigenvalue weighted by molar-refractivity contribution is -0.115. The predicted molar refractivity (Wildman–Crippen MR) is 78.2 cm³/mol. The normalized spacial score (nSPS) is 28.4. The van der Waals surface area contributed by atoms with E-state index in [4.69, 9.17) is 8.84 Å². The van der Waals surface area contributed by atoms with Gasteiger partial charge in [-0.1, -0.05) is 20.8 Å². The first-order valence-corrected chi connectivity index (χ1v) is 9.70. The van der Waals surface area contributed by atoms with E-state index in [9.17, 15) is 5.21 Å². The van der Waals surface area contributed by atoms with Gasteiger partial charge in [-0.3, -0.25) is 0 Å². The molecule has 0 bridgehead atoms. The number of hydrogen-bond donors (Lipinski definition) is 0. The van der Waals surface area contributed by atoms with E-state index in [1.807, 2.05) is 12.1 Å². The lowest BCUT2D eigenvalue weighted by Crippen LogP contribution is -2.64. The van der Waals surface area contributed by atoms with Crippen LogP contribution in [0.3, 0.4) is 0 Å². The molecule has 0 aliphatic carbocycles. The Balaban J connectivity index is 2.19. The van der Waals surface area contributed by atoms with Gasteiger partial charge in [0.05, 0.1) is 17.9 Å². The highest BCUT2D eigenvalue weighted by atomic mass is 28.4. The summed E-state index contributed by atoms with van der Waals surface area (Å²) in [5.41, 5.74) is -0.395. The highest BCUT2D eigenvalue weighted by Crippen LogP contribution is 2.46. The molecule has 1 aromatic heterocycles. The highest BCUT2D eigenvalue weighted by molar-refractivity contribution is 6.73. The van der Waals surface area contributed by atoms with Gasteiger partial charge >= 0.3 is 0 Å². The molecule has 0 radical (unpaired) electrons. The van der Waals surface area contributed by atoms with Gasteiger partial charge in [0.1, 0.15) is 5.76 Å². The molecule has 0 aromatic carbocycles. The zero-order valence-electron chi connectivity index (χ0n) is 12.3. The highest BCUT2D eigenvalue weighted by Gasteiger charge is 2.51. The molecule has 1 aromatic rings. The molecule has 0 N–H and O–H groups in total. The van der Waals surface area contributed by atoms with Crippen LogP contribution in [-0.4, -0.2) is 25.5 Å². The zero-order chi connectivity index (χ0) is 14.1. The van der Waals surface area contributed by atoms with Gasteiger partial charge < -0.3 is 19.1 Å². The average Bonchev–Trinajstić information content (AvgIpc) is 2.88. The van der Waals surface area contributed by atoms with Crippen molar-refractivity contribution >= 4 is 8.32 Å². The van der Waals surface area contributed by atoms with Gasteiger partial charge in [-0.15, -0.1) is 0 Å². The first-order chi connectivity index (χ1) is 9.00. The van der Waals surface area contributed by atoms with Gasteiger partial charge in [-0.2, -0.15) is 0 Å². The number of nitrogens with zero attached hydrogens (tertiary/aromatic N) is 1. The molecule has 5 heteroatoms. The Morgan fingerprint density at radius 2 is 2.05 bits per heavy atom. The van der Waals surface area contributed by atoms with Crippen molar-refractivity contribution in [2.24, 2.45) is 0 Å². The van der Waals surface area contributed by atoms with Gasteiger partial charge in [0.2, 0.25) is 0 Å². The van der Waals surface area contributed by atoms with E-state index >= 15 is 0 Å². The second kappa shape index (κ2) is 5.40. The lowest BCUT2D eigenvalue weighted by atomic mass is 9.86. The van der Waals surface area contributed by atoms with Gasteiger partial charge in [0, 0.05) is 6.54 Å². The third-order valence-corrected chi connectivity index (χ3v) is 9.30. The van der Waals surface area contributed by atoms with Crippen LogP contribution in [-0.2, 0) is 4.43 Å². The largest absolute Gasteiger partial charge is 0.784 e. The van der Waals surface area contributed by atoms with Crippen molar-refractivity contribution in [1.82, 2.24) is 5.06 Å². The smallest absolute Gasteiger partial charge is 0.192 e. The van der Waals surface area contributed by atoms with Crippen LogP contribution in [0.2, 0.25) is 18.1 Å². The maximum Gasteiger partial charge on any atom is 0.192 e. The molecular weight excluding hydrogens is 258 g/mol. The molecule has 2 heterocycles. The van der Waals surface area contributed by atoms with Crippen molar-refractivity contribution in [3.05, 3.63) is 29.4 Å². The van der Waals surface area contributed by atoms with Crippen LogP contribution in [0.4, 0.5) is 0 Å². The molecule has 4 nitrogen and oxygen atoms in total. The first-order valence-electron chi connectivity index (χ1n) is 7.17. The van der Waals surface area contributed by atoms with E-state index in [2.05, 4.69) is 27.7 Å². The van der Waals surface area contributed by atoms with Crippen molar-refractivity contribution < 1.29 is 8.84 Å². The van der Waals surface area contributed by atoms with Gasteiger partial charge in [0.25, 0.3) is 0 Å². The maximum absolute atomic E-state index is 11.9. The van der Waals surface area contributed by atoms with Crippen LogP contribution in [0.25, 0.3) is 0 Å². The fourth-order valence-electron chi connectivity index (χ4n) is 3.12. The second-order valence-electron chi connectivity index (χ2n) is 5.65. The van der Waals surface area contributed by atoms with Crippen molar-refractivity contribution in [3.63, 3.8) is 0 Å². The molecule has 2 rings (SSSR count). The summed E-state index contributed by atoms with van der Waals surface area (Å²) in [6.07, 6.45) is 1.62. The van der Waals surface area contributed by atoms with Crippen molar-refractivity contribution in [1.29, 1.82) is 0 Å². The molecule has 1 fully saturated rings. The fraction of sp³-hybridized carbons (Fsp3) is 0.714. The lowest BCUT2D eigenvalue weighted by Gasteiger charge is -2.61. The monoisotopic (exact) mass is 282 g/mol. The third-order valence-electron chi connectivity index (χ3n) is 4.53. The quantitative estimate of drug-likeness (QED) is 0.742. The van der Waals surface area contributed by atoms with E-state index < -0.39 is 13.9 Å². The summed E-state index contributed by atoms with van der Waals surface area (Å²) in [6, 6.07) is 6.69. The molecule has 1 saturated heterocycles. The molecular formula is C14H24NO3Si-. The third kappa shape index (κ3) is 2.52. The predicted octanol–water partition coefficient (Wildman–Crippen LogP) is 3.91. The Kier molecular flexibility index (Phi) is 4.20. The van der Waals surface area contributed by atoms with Crippen molar-refractivity contribution in [3.8, 4) is 0 Å². The molecule has 108 valence electrons. The van der Waals surface area contributed by atoms with Crippen molar-refractivity contribution in [2.75, 3.05) is 6.54 Å². The molecule has 2 atom stereocenters. The first kappa shape index (κ1) is 14.8. The molecule has 1 aliphatic heterocycles. The van der Waals surface area contributed by atoms with Crippen LogP contribution in [0.15, 0.2) is 22.8 Å². The summed E-state index contributed by atoms with van der Waals surface area (Å²) in [5, 5.41) is 13.0. The van der Waals surface area contributed by atoms with Crippen LogP contribution in [0, 0.1) is 5.21 Å².